The molecule has 1 aliphatic heterocycles. The van der Waals surface area contributed by atoms with Crippen LogP contribution in [0.25, 0.3) is 0 Å². The molecule has 86 valence electrons. The highest BCUT2D eigenvalue weighted by molar-refractivity contribution is 7.99. The van der Waals surface area contributed by atoms with Gasteiger partial charge in [-0.1, -0.05) is 11.8 Å². The molecule has 2 N–H and O–H groups in total. The fraction of sp³-hybridized carbons (Fsp3) is 0.400. The zero-order chi connectivity index (χ0) is 11.5. The Bertz CT molecular complexity index is 405. The highest BCUT2D eigenvalue weighted by atomic mass is 32.2. The third kappa shape index (κ3) is 2.12. The number of benzene rings is 1. The van der Waals surface area contributed by atoms with Gasteiger partial charge in [0.2, 0.25) is 0 Å². The number of rotatable bonds is 3. The van der Waals surface area contributed by atoms with Gasteiger partial charge in [-0.05, 0) is 12.1 Å². The van der Waals surface area contributed by atoms with Gasteiger partial charge in [0.1, 0.15) is 0 Å². The van der Waals surface area contributed by atoms with Gasteiger partial charge >= 0.3 is 5.69 Å². The van der Waals surface area contributed by atoms with Crippen molar-refractivity contribution in [2.75, 3.05) is 19.4 Å². The number of nitrogens with zero attached hydrogens (tertiary/aromatic N) is 1. The number of quaternary nitrogens is 1. The Morgan fingerprint density at radius 1 is 1.62 bits per heavy atom. The molecule has 1 aromatic rings. The molecular formula is C10H13N2O3S+. The summed E-state index contributed by atoms with van der Waals surface area (Å²) in [5, 5.41) is 13.3. The Morgan fingerprint density at radius 3 is 3.00 bits per heavy atom. The van der Waals surface area contributed by atoms with Gasteiger partial charge in [-0.15, -0.1) is 0 Å². The normalized spacial score (nSPS) is 19.7. The molecule has 2 rings (SSSR count). The summed E-state index contributed by atoms with van der Waals surface area (Å²) < 4.78 is 4.97. The van der Waals surface area contributed by atoms with Crippen LogP contribution in [0.1, 0.15) is 10.9 Å². The van der Waals surface area contributed by atoms with Gasteiger partial charge in [0, 0.05) is 17.4 Å². The van der Waals surface area contributed by atoms with E-state index in [1.54, 1.807) is 12.1 Å². The topological polar surface area (TPSA) is 69.0 Å². The molecule has 0 unspecified atom stereocenters. The first-order chi connectivity index (χ1) is 7.72. The van der Waals surface area contributed by atoms with Crippen LogP contribution in [0.4, 0.5) is 5.69 Å². The van der Waals surface area contributed by atoms with E-state index >= 15 is 0 Å². The first-order valence-electron chi connectivity index (χ1n) is 4.99. The van der Waals surface area contributed by atoms with Gasteiger partial charge in [0.05, 0.1) is 18.6 Å². The van der Waals surface area contributed by atoms with Gasteiger partial charge in [-0.3, -0.25) is 10.1 Å². The molecule has 0 aliphatic carbocycles. The predicted octanol–water partition coefficient (Wildman–Crippen LogP) is 0.912. The van der Waals surface area contributed by atoms with E-state index in [2.05, 4.69) is 5.32 Å². The third-order valence-electron chi connectivity index (χ3n) is 2.52. The average molecular weight is 241 g/mol. The van der Waals surface area contributed by atoms with E-state index in [0.29, 0.717) is 5.75 Å². The van der Waals surface area contributed by atoms with E-state index in [-0.39, 0.29) is 11.1 Å². The molecule has 0 radical (unpaired) electrons. The summed E-state index contributed by atoms with van der Waals surface area (Å²) in [5.41, 5.74) is 1.02. The van der Waals surface area contributed by atoms with Crippen molar-refractivity contribution in [3.8, 4) is 5.75 Å². The molecular weight excluding hydrogens is 228 g/mol. The lowest BCUT2D eigenvalue weighted by Crippen LogP contribution is -2.81. The van der Waals surface area contributed by atoms with E-state index < -0.39 is 4.92 Å². The molecule has 0 bridgehead atoms. The fourth-order valence-electron chi connectivity index (χ4n) is 1.74. The monoisotopic (exact) mass is 241 g/mol. The van der Waals surface area contributed by atoms with Gasteiger partial charge in [-0.2, -0.15) is 0 Å². The lowest BCUT2D eigenvalue weighted by Gasteiger charge is -2.08. The van der Waals surface area contributed by atoms with Crippen molar-refractivity contribution >= 4 is 17.4 Å². The highest BCUT2D eigenvalue weighted by Gasteiger charge is 2.24. The minimum Gasteiger partial charge on any atom is -0.490 e. The van der Waals surface area contributed by atoms with E-state index in [0.717, 1.165) is 17.9 Å². The van der Waals surface area contributed by atoms with Crippen molar-refractivity contribution in [1.29, 1.82) is 0 Å². The Labute approximate surface area is 97.3 Å². The first kappa shape index (κ1) is 11.2. The van der Waals surface area contributed by atoms with Crippen LogP contribution < -0.4 is 10.1 Å². The maximum Gasteiger partial charge on any atom is 0.311 e. The van der Waals surface area contributed by atoms with E-state index in [9.17, 15) is 10.1 Å². The number of hydrogen-bond acceptors (Lipinski definition) is 4. The standard InChI is InChI=1S/C10H12N2O3S/c1-15-9-3-2-7(6-8(9)12(13)14)10-11-4-5-16-10/h2-3,6,10-11H,4-5H2,1H3/p+1/t10-/m0/s1. The van der Waals surface area contributed by atoms with Crippen molar-refractivity contribution < 1.29 is 15.0 Å². The summed E-state index contributed by atoms with van der Waals surface area (Å²) in [6, 6.07) is 5.17. The van der Waals surface area contributed by atoms with Crippen LogP contribution in [0.5, 0.6) is 5.75 Å². The fourth-order valence-corrected chi connectivity index (χ4v) is 2.88. The van der Waals surface area contributed by atoms with Gasteiger partial charge < -0.3 is 10.1 Å². The molecule has 1 atom stereocenters. The molecule has 1 aliphatic rings. The van der Waals surface area contributed by atoms with Gasteiger partial charge in [0.15, 0.2) is 11.1 Å². The molecule has 0 aromatic heterocycles. The SMILES string of the molecule is COc1ccc([C@H]2[NH2+]CCS2)cc1[N+](=O)[O-]. The van der Waals surface area contributed by atoms with E-state index in [1.807, 2.05) is 17.8 Å². The Hall–Kier alpha value is -1.27. The second-order valence-electron chi connectivity index (χ2n) is 3.50. The van der Waals surface area contributed by atoms with Gasteiger partial charge in [0.25, 0.3) is 0 Å². The van der Waals surface area contributed by atoms with Crippen LogP contribution in [0.2, 0.25) is 0 Å². The average Bonchev–Trinajstić information content (AvgIpc) is 2.81. The van der Waals surface area contributed by atoms with Crippen LogP contribution in [0, 0.1) is 10.1 Å². The third-order valence-corrected chi connectivity index (χ3v) is 3.82. The summed E-state index contributed by atoms with van der Waals surface area (Å²) in [4.78, 5) is 10.5. The lowest BCUT2D eigenvalue weighted by molar-refractivity contribution is -0.663. The van der Waals surface area contributed by atoms with E-state index in [4.69, 9.17) is 4.74 Å². The largest absolute Gasteiger partial charge is 0.490 e. The lowest BCUT2D eigenvalue weighted by atomic mass is 10.2. The summed E-state index contributed by atoms with van der Waals surface area (Å²) in [5.74, 6) is 1.40. The Kier molecular flexibility index (Phi) is 3.31. The molecule has 16 heavy (non-hydrogen) atoms. The minimum absolute atomic E-state index is 0.0425. The number of nitro benzene ring substituents is 1. The number of thioether (sulfide) groups is 1. The van der Waals surface area contributed by atoms with Crippen molar-refractivity contribution in [3.05, 3.63) is 33.9 Å². The number of nitro groups is 1. The first-order valence-corrected chi connectivity index (χ1v) is 6.04. The second-order valence-corrected chi connectivity index (χ2v) is 4.75. The summed E-state index contributed by atoms with van der Waals surface area (Å²) in [7, 11) is 1.44. The Balaban J connectivity index is 2.34. The van der Waals surface area contributed by atoms with Crippen LogP contribution >= 0.6 is 11.8 Å². The Morgan fingerprint density at radius 2 is 2.44 bits per heavy atom. The minimum atomic E-state index is -0.401. The molecule has 0 saturated carbocycles. The van der Waals surface area contributed by atoms with Crippen LogP contribution in [-0.4, -0.2) is 24.3 Å². The quantitative estimate of drug-likeness (QED) is 0.631. The summed E-state index contributed by atoms with van der Waals surface area (Å²) >= 11 is 1.81. The molecule has 0 spiro atoms. The van der Waals surface area contributed by atoms with E-state index in [1.165, 1.54) is 7.11 Å². The number of nitrogens with two attached hydrogens (primary N) is 1. The van der Waals surface area contributed by atoms with Crippen molar-refractivity contribution in [1.82, 2.24) is 0 Å². The van der Waals surface area contributed by atoms with Crippen molar-refractivity contribution in [2.45, 2.75) is 5.37 Å². The van der Waals surface area contributed by atoms with Gasteiger partial charge in [-0.25, -0.2) is 0 Å². The summed E-state index contributed by atoms with van der Waals surface area (Å²) in [6.45, 7) is 1.06. The summed E-state index contributed by atoms with van der Waals surface area (Å²) in [6.07, 6.45) is 0. The predicted molar refractivity (Wildman–Crippen MR) is 61.6 cm³/mol. The number of methoxy groups -OCH3 is 1. The van der Waals surface area contributed by atoms with Crippen LogP contribution in [-0.2, 0) is 0 Å². The van der Waals surface area contributed by atoms with Crippen molar-refractivity contribution in [3.63, 3.8) is 0 Å². The number of hydrogen-bond donors (Lipinski definition) is 1. The molecule has 1 saturated heterocycles. The molecule has 5 nitrogen and oxygen atoms in total. The zero-order valence-electron chi connectivity index (χ0n) is 8.88. The molecule has 0 amide bonds. The molecule has 1 heterocycles. The maximum atomic E-state index is 10.9. The molecule has 6 heteroatoms. The molecule has 1 fully saturated rings. The van der Waals surface area contributed by atoms with Crippen LogP contribution in [0.3, 0.4) is 0 Å². The number of ether oxygens (including phenoxy) is 1. The smallest absolute Gasteiger partial charge is 0.311 e. The second kappa shape index (κ2) is 4.71. The molecule has 1 aromatic carbocycles. The maximum absolute atomic E-state index is 10.9. The zero-order valence-corrected chi connectivity index (χ0v) is 9.70. The highest BCUT2D eigenvalue weighted by Crippen LogP contribution is 2.32. The van der Waals surface area contributed by atoms with Crippen molar-refractivity contribution in [2.24, 2.45) is 0 Å². The van der Waals surface area contributed by atoms with Crippen LogP contribution in [0.15, 0.2) is 18.2 Å².